The first-order chi connectivity index (χ1) is 10.6. The molecular weight excluding hydrogens is 278 g/mol. The van der Waals surface area contributed by atoms with Crippen LogP contribution in [-0.2, 0) is 16.0 Å². The minimum atomic E-state index is -1.02. The van der Waals surface area contributed by atoms with Crippen molar-refractivity contribution in [1.29, 1.82) is 0 Å². The van der Waals surface area contributed by atoms with Gasteiger partial charge in [-0.1, -0.05) is 62.6 Å². The highest BCUT2D eigenvalue weighted by atomic mass is 16.4. The standard InChI is InChI=1S/C18H25NO3/c1-3-5-7-12-15(4-2)17(20)19-16(18(21)22)13-14-10-8-6-9-11-14/h4,6,8-11,15-16H,2-3,5,7,12-13H2,1H3,(H,19,20)(H,21,22). The lowest BCUT2D eigenvalue weighted by Gasteiger charge is -2.18. The van der Waals surface area contributed by atoms with Crippen LogP contribution in [0.3, 0.4) is 0 Å². The zero-order valence-corrected chi connectivity index (χ0v) is 13.1. The number of benzene rings is 1. The molecule has 2 unspecified atom stereocenters. The molecule has 120 valence electrons. The number of aliphatic carboxylic acids is 1. The van der Waals surface area contributed by atoms with E-state index in [1.807, 2.05) is 30.3 Å². The summed E-state index contributed by atoms with van der Waals surface area (Å²) in [5, 5.41) is 11.9. The third kappa shape index (κ3) is 6.12. The van der Waals surface area contributed by atoms with Gasteiger partial charge in [0.25, 0.3) is 0 Å². The molecule has 0 saturated carbocycles. The van der Waals surface area contributed by atoms with E-state index >= 15 is 0 Å². The molecule has 1 aromatic rings. The van der Waals surface area contributed by atoms with E-state index in [1.165, 1.54) is 0 Å². The number of amides is 1. The summed E-state index contributed by atoms with van der Waals surface area (Å²) in [5.74, 6) is -1.60. The fourth-order valence-corrected chi connectivity index (χ4v) is 2.30. The Kier molecular flexibility index (Phi) is 7.97. The molecule has 0 bridgehead atoms. The van der Waals surface area contributed by atoms with Crippen molar-refractivity contribution < 1.29 is 14.7 Å². The van der Waals surface area contributed by atoms with Gasteiger partial charge in [0.2, 0.25) is 5.91 Å². The molecule has 0 saturated heterocycles. The van der Waals surface area contributed by atoms with Crippen LogP contribution in [0.15, 0.2) is 43.0 Å². The van der Waals surface area contributed by atoms with Crippen LogP contribution >= 0.6 is 0 Å². The van der Waals surface area contributed by atoms with Crippen molar-refractivity contribution in [3.63, 3.8) is 0 Å². The number of carbonyl (C=O) groups is 2. The van der Waals surface area contributed by atoms with Crippen LogP contribution in [0.4, 0.5) is 0 Å². The number of hydrogen-bond acceptors (Lipinski definition) is 2. The van der Waals surface area contributed by atoms with E-state index < -0.39 is 12.0 Å². The van der Waals surface area contributed by atoms with Gasteiger partial charge in [-0.25, -0.2) is 4.79 Å². The van der Waals surface area contributed by atoms with Crippen molar-refractivity contribution in [1.82, 2.24) is 5.32 Å². The third-order valence-corrected chi connectivity index (χ3v) is 3.64. The highest BCUT2D eigenvalue weighted by Gasteiger charge is 2.23. The van der Waals surface area contributed by atoms with Gasteiger partial charge in [-0.15, -0.1) is 6.58 Å². The fraction of sp³-hybridized carbons (Fsp3) is 0.444. The Bertz CT molecular complexity index is 484. The van der Waals surface area contributed by atoms with E-state index in [4.69, 9.17) is 0 Å². The SMILES string of the molecule is C=CC(CCCCC)C(=O)NC(Cc1ccccc1)C(=O)O. The zero-order valence-electron chi connectivity index (χ0n) is 13.1. The molecule has 0 aromatic heterocycles. The lowest BCUT2D eigenvalue weighted by molar-refractivity contribution is -0.142. The van der Waals surface area contributed by atoms with Gasteiger partial charge in [-0.3, -0.25) is 4.79 Å². The molecule has 0 aliphatic heterocycles. The van der Waals surface area contributed by atoms with Gasteiger partial charge in [-0.2, -0.15) is 0 Å². The van der Waals surface area contributed by atoms with Gasteiger partial charge in [0.05, 0.1) is 5.92 Å². The van der Waals surface area contributed by atoms with Crippen molar-refractivity contribution >= 4 is 11.9 Å². The molecule has 0 heterocycles. The maximum Gasteiger partial charge on any atom is 0.326 e. The summed E-state index contributed by atoms with van der Waals surface area (Å²) in [4.78, 5) is 23.6. The predicted molar refractivity (Wildman–Crippen MR) is 87.5 cm³/mol. The number of carboxylic acids is 1. The van der Waals surface area contributed by atoms with E-state index in [0.717, 1.165) is 24.8 Å². The normalized spacial score (nSPS) is 13.1. The van der Waals surface area contributed by atoms with E-state index in [1.54, 1.807) is 6.08 Å². The number of carbonyl (C=O) groups excluding carboxylic acids is 1. The number of nitrogens with one attached hydrogen (secondary N) is 1. The number of rotatable bonds is 10. The molecule has 0 aliphatic carbocycles. The van der Waals surface area contributed by atoms with Gasteiger partial charge in [-0.05, 0) is 12.0 Å². The maximum absolute atomic E-state index is 12.2. The second-order valence-corrected chi connectivity index (χ2v) is 5.43. The van der Waals surface area contributed by atoms with Crippen LogP contribution in [0.25, 0.3) is 0 Å². The van der Waals surface area contributed by atoms with Crippen LogP contribution in [0.5, 0.6) is 0 Å². The molecule has 4 heteroatoms. The monoisotopic (exact) mass is 303 g/mol. The molecule has 0 spiro atoms. The summed E-state index contributed by atoms with van der Waals surface area (Å²) in [6.07, 6.45) is 5.67. The van der Waals surface area contributed by atoms with Gasteiger partial charge in [0.15, 0.2) is 0 Å². The Morgan fingerprint density at radius 1 is 1.27 bits per heavy atom. The molecule has 0 aliphatic rings. The molecule has 2 N–H and O–H groups in total. The fourth-order valence-electron chi connectivity index (χ4n) is 2.30. The smallest absolute Gasteiger partial charge is 0.326 e. The number of carboxylic acid groups (broad SMARTS) is 1. The van der Waals surface area contributed by atoms with Crippen LogP contribution in [-0.4, -0.2) is 23.0 Å². The van der Waals surface area contributed by atoms with Crippen LogP contribution in [0.2, 0.25) is 0 Å². The summed E-state index contributed by atoms with van der Waals surface area (Å²) < 4.78 is 0. The molecule has 0 radical (unpaired) electrons. The summed E-state index contributed by atoms with van der Waals surface area (Å²) >= 11 is 0. The largest absolute Gasteiger partial charge is 0.480 e. The Morgan fingerprint density at radius 2 is 1.95 bits per heavy atom. The first-order valence-electron chi connectivity index (χ1n) is 7.78. The van der Waals surface area contributed by atoms with Gasteiger partial charge >= 0.3 is 5.97 Å². The minimum absolute atomic E-state index is 0.255. The summed E-state index contributed by atoms with van der Waals surface area (Å²) in [5.41, 5.74) is 0.885. The first kappa shape index (κ1) is 18.0. The van der Waals surface area contributed by atoms with Crippen LogP contribution < -0.4 is 5.32 Å². The Balaban J connectivity index is 2.63. The van der Waals surface area contributed by atoms with Gasteiger partial charge in [0, 0.05) is 6.42 Å². The number of unbranched alkanes of at least 4 members (excludes halogenated alkanes) is 2. The maximum atomic E-state index is 12.2. The van der Waals surface area contributed by atoms with E-state index in [9.17, 15) is 14.7 Å². The van der Waals surface area contributed by atoms with Crippen molar-refractivity contribution in [3.8, 4) is 0 Å². The van der Waals surface area contributed by atoms with Crippen LogP contribution in [0.1, 0.15) is 38.2 Å². The molecule has 1 rings (SSSR count). The van der Waals surface area contributed by atoms with Gasteiger partial charge in [0.1, 0.15) is 6.04 Å². The average molecular weight is 303 g/mol. The number of hydrogen-bond donors (Lipinski definition) is 2. The molecule has 2 atom stereocenters. The lowest BCUT2D eigenvalue weighted by atomic mass is 9.99. The van der Waals surface area contributed by atoms with E-state index in [0.29, 0.717) is 6.42 Å². The molecule has 1 aromatic carbocycles. The zero-order chi connectivity index (χ0) is 16.4. The van der Waals surface area contributed by atoms with Crippen LogP contribution in [0, 0.1) is 5.92 Å². The quantitative estimate of drug-likeness (QED) is 0.515. The summed E-state index contributed by atoms with van der Waals surface area (Å²) in [7, 11) is 0. The molecule has 4 nitrogen and oxygen atoms in total. The summed E-state index contributed by atoms with van der Waals surface area (Å²) in [6, 6.07) is 8.38. The highest BCUT2D eigenvalue weighted by molar-refractivity contribution is 5.86. The highest BCUT2D eigenvalue weighted by Crippen LogP contribution is 2.12. The lowest BCUT2D eigenvalue weighted by Crippen LogP contribution is -2.44. The van der Waals surface area contributed by atoms with Crippen molar-refractivity contribution in [3.05, 3.63) is 48.6 Å². The topological polar surface area (TPSA) is 66.4 Å². The minimum Gasteiger partial charge on any atom is -0.480 e. The van der Waals surface area contributed by atoms with E-state index in [-0.39, 0.29) is 18.2 Å². The molecular formula is C18H25NO3. The third-order valence-electron chi connectivity index (χ3n) is 3.64. The Labute approximate surface area is 132 Å². The second-order valence-electron chi connectivity index (χ2n) is 5.43. The predicted octanol–water partition coefficient (Wildman–Crippen LogP) is 3.18. The molecule has 0 fully saturated rings. The van der Waals surface area contributed by atoms with Crippen molar-refractivity contribution in [2.75, 3.05) is 0 Å². The van der Waals surface area contributed by atoms with Gasteiger partial charge < -0.3 is 10.4 Å². The summed E-state index contributed by atoms with van der Waals surface area (Å²) in [6.45, 7) is 5.79. The van der Waals surface area contributed by atoms with Crippen molar-refractivity contribution in [2.45, 2.75) is 45.1 Å². The van der Waals surface area contributed by atoms with Crippen molar-refractivity contribution in [2.24, 2.45) is 5.92 Å². The average Bonchev–Trinajstić information content (AvgIpc) is 2.51. The van der Waals surface area contributed by atoms with E-state index in [2.05, 4.69) is 18.8 Å². The Hall–Kier alpha value is -2.10. The molecule has 1 amide bonds. The second kappa shape index (κ2) is 9.77. The first-order valence-corrected chi connectivity index (χ1v) is 7.78. The molecule has 22 heavy (non-hydrogen) atoms. The Morgan fingerprint density at radius 3 is 2.50 bits per heavy atom.